The molecule has 1 aromatic heterocycles. The zero-order valence-electron chi connectivity index (χ0n) is 12.3. The number of nitrogens with one attached hydrogen (secondary N) is 2. The summed E-state index contributed by atoms with van der Waals surface area (Å²) in [4.78, 5) is 23.2. The Morgan fingerprint density at radius 3 is 2.73 bits per heavy atom. The molecule has 2 aromatic rings. The van der Waals surface area contributed by atoms with Gasteiger partial charge in [0.05, 0.1) is 0 Å². The molecule has 0 aliphatic heterocycles. The Balaban J connectivity index is 1.63. The summed E-state index contributed by atoms with van der Waals surface area (Å²) >= 11 is 1.60. The van der Waals surface area contributed by atoms with Crippen LogP contribution >= 0.6 is 11.3 Å². The molecule has 0 radical (unpaired) electrons. The van der Waals surface area contributed by atoms with Gasteiger partial charge in [0.1, 0.15) is 5.75 Å². The standard InChI is InChI=1S/C16H18N2O3S/c1-12-3-2-4-14(9-12)21-10-16(20)18-17-15(19)6-5-13-7-8-22-11-13/h2-4,7-9,11H,5-6,10H2,1H3,(H,17,19)(H,18,20). The lowest BCUT2D eigenvalue weighted by Gasteiger charge is -2.09. The highest BCUT2D eigenvalue weighted by molar-refractivity contribution is 7.07. The Bertz CT molecular complexity index is 626. The van der Waals surface area contributed by atoms with Crippen molar-refractivity contribution in [3.05, 3.63) is 52.2 Å². The molecule has 1 heterocycles. The molecule has 0 bridgehead atoms. The highest BCUT2D eigenvalue weighted by Crippen LogP contribution is 2.11. The van der Waals surface area contributed by atoms with Crippen LogP contribution in [-0.4, -0.2) is 18.4 Å². The van der Waals surface area contributed by atoms with E-state index in [4.69, 9.17) is 4.74 Å². The Hall–Kier alpha value is -2.34. The van der Waals surface area contributed by atoms with Crippen LogP contribution in [0.25, 0.3) is 0 Å². The minimum atomic E-state index is -0.398. The van der Waals surface area contributed by atoms with Gasteiger partial charge in [0, 0.05) is 6.42 Å². The third-order valence-corrected chi connectivity index (χ3v) is 3.65. The summed E-state index contributed by atoms with van der Waals surface area (Å²) in [6.07, 6.45) is 0.987. The van der Waals surface area contributed by atoms with Gasteiger partial charge in [0.2, 0.25) is 5.91 Å². The van der Waals surface area contributed by atoms with E-state index in [1.165, 1.54) is 0 Å². The Labute approximate surface area is 133 Å². The third-order valence-electron chi connectivity index (χ3n) is 2.92. The number of hydrogen-bond donors (Lipinski definition) is 2. The zero-order chi connectivity index (χ0) is 15.8. The maximum atomic E-state index is 11.6. The van der Waals surface area contributed by atoms with Gasteiger partial charge < -0.3 is 4.74 Å². The molecule has 0 fully saturated rings. The van der Waals surface area contributed by atoms with Crippen LogP contribution in [0.15, 0.2) is 41.1 Å². The van der Waals surface area contributed by atoms with Crippen LogP contribution in [-0.2, 0) is 16.0 Å². The van der Waals surface area contributed by atoms with Crippen LogP contribution in [0.3, 0.4) is 0 Å². The van der Waals surface area contributed by atoms with E-state index in [1.807, 2.05) is 41.9 Å². The first-order valence-electron chi connectivity index (χ1n) is 6.92. The molecule has 0 aliphatic carbocycles. The molecular weight excluding hydrogens is 300 g/mol. The van der Waals surface area contributed by atoms with Gasteiger partial charge in [0.25, 0.3) is 5.91 Å². The van der Waals surface area contributed by atoms with Crippen molar-refractivity contribution in [1.29, 1.82) is 0 Å². The fourth-order valence-corrected chi connectivity index (χ4v) is 2.49. The van der Waals surface area contributed by atoms with Crippen molar-refractivity contribution in [1.82, 2.24) is 10.9 Å². The van der Waals surface area contributed by atoms with Crippen molar-refractivity contribution in [2.75, 3.05) is 6.61 Å². The number of aryl methyl sites for hydroxylation is 2. The Kier molecular flexibility index (Phi) is 5.97. The fraction of sp³-hybridized carbons (Fsp3) is 0.250. The second kappa shape index (κ2) is 8.19. The lowest BCUT2D eigenvalue weighted by molar-refractivity contribution is -0.130. The number of rotatable bonds is 6. The number of benzene rings is 1. The monoisotopic (exact) mass is 318 g/mol. The van der Waals surface area contributed by atoms with Gasteiger partial charge in [-0.3, -0.25) is 20.4 Å². The smallest absolute Gasteiger partial charge is 0.276 e. The van der Waals surface area contributed by atoms with Crippen molar-refractivity contribution >= 4 is 23.2 Å². The highest BCUT2D eigenvalue weighted by atomic mass is 32.1. The average Bonchev–Trinajstić information content (AvgIpc) is 3.02. The molecule has 0 saturated carbocycles. The van der Waals surface area contributed by atoms with Gasteiger partial charge in [-0.25, -0.2) is 0 Å². The van der Waals surface area contributed by atoms with E-state index < -0.39 is 5.91 Å². The molecule has 1 aromatic carbocycles. The molecule has 0 aliphatic rings. The summed E-state index contributed by atoms with van der Waals surface area (Å²) < 4.78 is 5.34. The summed E-state index contributed by atoms with van der Waals surface area (Å²) in [6.45, 7) is 1.80. The van der Waals surface area contributed by atoms with Crippen molar-refractivity contribution in [3.63, 3.8) is 0 Å². The minimum absolute atomic E-state index is 0.145. The van der Waals surface area contributed by atoms with E-state index in [0.29, 0.717) is 18.6 Å². The number of carbonyl (C=O) groups excluding carboxylic acids is 2. The number of hydrogen-bond acceptors (Lipinski definition) is 4. The Morgan fingerprint density at radius 1 is 1.18 bits per heavy atom. The van der Waals surface area contributed by atoms with E-state index in [9.17, 15) is 9.59 Å². The average molecular weight is 318 g/mol. The van der Waals surface area contributed by atoms with Gasteiger partial charge in [0.15, 0.2) is 6.61 Å². The molecule has 2 N–H and O–H groups in total. The number of amides is 2. The van der Waals surface area contributed by atoms with Crippen LogP contribution in [0.4, 0.5) is 0 Å². The maximum Gasteiger partial charge on any atom is 0.276 e. The molecule has 2 amide bonds. The van der Waals surface area contributed by atoms with Gasteiger partial charge in [-0.2, -0.15) is 11.3 Å². The molecule has 2 rings (SSSR count). The lowest BCUT2D eigenvalue weighted by atomic mass is 10.2. The fourth-order valence-electron chi connectivity index (χ4n) is 1.78. The highest BCUT2D eigenvalue weighted by Gasteiger charge is 2.06. The number of thiophene rings is 1. The summed E-state index contributed by atoms with van der Waals surface area (Å²) in [5.41, 5.74) is 6.89. The molecule has 22 heavy (non-hydrogen) atoms. The van der Waals surface area contributed by atoms with Gasteiger partial charge in [-0.1, -0.05) is 12.1 Å². The lowest BCUT2D eigenvalue weighted by Crippen LogP contribution is -2.43. The van der Waals surface area contributed by atoms with Crippen LogP contribution in [0.5, 0.6) is 5.75 Å². The van der Waals surface area contributed by atoms with Crippen molar-refractivity contribution in [3.8, 4) is 5.75 Å². The number of ether oxygens (including phenoxy) is 1. The summed E-state index contributed by atoms with van der Waals surface area (Å²) in [5, 5.41) is 3.97. The van der Waals surface area contributed by atoms with Crippen molar-refractivity contribution in [2.45, 2.75) is 19.8 Å². The summed E-state index contributed by atoms with van der Waals surface area (Å²) in [5.74, 6) is -0.000528. The van der Waals surface area contributed by atoms with E-state index in [1.54, 1.807) is 17.4 Å². The molecule has 6 heteroatoms. The van der Waals surface area contributed by atoms with Gasteiger partial charge in [-0.15, -0.1) is 0 Å². The molecule has 0 atom stereocenters. The maximum absolute atomic E-state index is 11.6. The second-order valence-corrected chi connectivity index (χ2v) is 5.61. The first-order valence-corrected chi connectivity index (χ1v) is 7.86. The van der Waals surface area contributed by atoms with E-state index in [2.05, 4.69) is 10.9 Å². The topological polar surface area (TPSA) is 67.4 Å². The first kappa shape index (κ1) is 16.0. The second-order valence-electron chi connectivity index (χ2n) is 4.83. The van der Waals surface area contributed by atoms with E-state index in [0.717, 1.165) is 11.1 Å². The van der Waals surface area contributed by atoms with Crippen LogP contribution < -0.4 is 15.6 Å². The van der Waals surface area contributed by atoms with Crippen molar-refractivity contribution < 1.29 is 14.3 Å². The van der Waals surface area contributed by atoms with Crippen LogP contribution in [0, 0.1) is 6.92 Å². The van der Waals surface area contributed by atoms with Crippen LogP contribution in [0.2, 0.25) is 0 Å². The normalized spacial score (nSPS) is 10.0. The predicted octanol–water partition coefficient (Wildman–Crippen LogP) is 2.22. The van der Waals surface area contributed by atoms with Gasteiger partial charge >= 0.3 is 0 Å². The third kappa shape index (κ3) is 5.57. The largest absolute Gasteiger partial charge is 0.484 e. The molecule has 0 unspecified atom stereocenters. The van der Waals surface area contributed by atoms with Crippen LogP contribution in [0.1, 0.15) is 17.5 Å². The molecule has 116 valence electrons. The molecule has 0 saturated heterocycles. The van der Waals surface area contributed by atoms with Gasteiger partial charge in [-0.05, 0) is 53.4 Å². The Morgan fingerprint density at radius 2 is 2.00 bits per heavy atom. The minimum Gasteiger partial charge on any atom is -0.484 e. The molecule has 0 spiro atoms. The van der Waals surface area contributed by atoms with E-state index >= 15 is 0 Å². The quantitative estimate of drug-likeness (QED) is 0.803. The van der Waals surface area contributed by atoms with Crippen molar-refractivity contribution in [2.24, 2.45) is 0 Å². The molecular formula is C16H18N2O3S. The van der Waals surface area contributed by atoms with E-state index in [-0.39, 0.29) is 12.5 Å². The summed E-state index contributed by atoms with van der Waals surface area (Å²) in [7, 11) is 0. The number of carbonyl (C=O) groups is 2. The first-order chi connectivity index (χ1) is 10.6. The summed E-state index contributed by atoms with van der Waals surface area (Å²) in [6, 6.07) is 9.40. The zero-order valence-corrected chi connectivity index (χ0v) is 13.1. The number of hydrazine groups is 1. The SMILES string of the molecule is Cc1cccc(OCC(=O)NNC(=O)CCc2ccsc2)c1. The predicted molar refractivity (Wildman–Crippen MR) is 85.6 cm³/mol. The molecule has 5 nitrogen and oxygen atoms in total.